The van der Waals surface area contributed by atoms with Crippen molar-refractivity contribution in [2.75, 3.05) is 5.32 Å². The first-order chi connectivity index (χ1) is 12.5. The van der Waals surface area contributed by atoms with Crippen LogP contribution in [0.4, 0.5) is 5.82 Å². The standard InChI is InChI=1S/C20H19N3O3/c1-13-5-3-6-15(9-13)12-21-19(24)16-7-4-8-17(11-16)20(25)22-18-10-14(2)26-23-18/h3-11H,12H2,1-2H3,(H,21,24)(H,22,23,25). The molecule has 0 saturated carbocycles. The first-order valence-corrected chi connectivity index (χ1v) is 8.20. The van der Waals surface area contributed by atoms with E-state index < -0.39 is 0 Å². The number of anilines is 1. The summed E-state index contributed by atoms with van der Waals surface area (Å²) in [5.41, 5.74) is 2.95. The van der Waals surface area contributed by atoms with Gasteiger partial charge in [0.15, 0.2) is 5.82 Å². The Kier molecular flexibility index (Phi) is 5.12. The van der Waals surface area contributed by atoms with Gasteiger partial charge in [-0.05, 0) is 37.6 Å². The molecule has 1 aromatic heterocycles. The number of nitrogens with one attached hydrogen (secondary N) is 2. The summed E-state index contributed by atoms with van der Waals surface area (Å²) in [7, 11) is 0. The van der Waals surface area contributed by atoms with Gasteiger partial charge in [0.25, 0.3) is 11.8 Å². The number of amides is 2. The molecule has 0 aliphatic rings. The third-order valence-corrected chi connectivity index (χ3v) is 3.79. The molecule has 2 amide bonds. The third-order valence-electron chi connectivity index (χ3n) is 3.79. The van der Waals surface area contributed by atoms with E-state index in [1.807, 2.05) is 31.2 Å². The molecule has 6 heteroatoms. The van der Waals surface area contributed by atoms with Crippen molar-refractivity contribution in [1.29, 1.82) is 0 Å². The lowest BCUT2D eigenvalue weighted by molar-refractivity contribution is 0.0951. The highest BCUT2D eigenvalue weighted by molar-refractivity contribution is 6.05. The number of aryl methyl sites for hydroxylation is 2. The predicted molar refractivity (Wildman–Crippen MR) is 98.0 cm³/mol. The molecular weight excluding hydrogens is 330 g/mol. The Balaban J connectivity index is 1.66. The monoisotopic (exact) mass is 349 g/mol. The molecule has 0 atom stereocenters. The zero-order chi connectivity index (χ0) is 18.5. The number of aromatic nitrogens is 1. The van der Waals surface area contributed by atoms with Gasteiger partial charge in [0, 0.05) is 23.7 Å². The lowest BCUT2D eigenvalue weighted by atomic mass is 10.1. The summed E-state index contributed by atoms with van der Waals surface area (Å²) in [6.45, 7) is 4.17. The normalized spacial score (nSPS) is 10.4. The molecule has 0 unspecified atom stereocenters. The van der Waals surface area contributed by atoms with E-state index in [2.05, 4.69) is 15.8 Å². The summed E-state index contributed by atoms with van der Waals surface area (Å²) in [4.78, 5) is 24.7. The molecule has 2 aromatic carbocycles. The minimum absolute atomic E-state index is 0.238. The first kappa shape index (κ1) is 17.4. The summed E-state index contributed by atoms with van der Waals surface area (Å²) in [6, 6.07) is 16.1. The lowest BCUT2D eigenvalue weighted by Gasteiger charge is -2.08. The molecular formula is C20H19N3O3. The number of hydrogen-bond acceptors (Lipinski definition) is 4. The van der Waals surface area contributed by atoms with Crippen molar-refractivity contribution < 1.29 is 14.1 Å². The number of carbonyl (C=O) groups excluding carboxylic acids is 2. The van der Waals surface area contributed by atoms with Crippen LogP contribution < -0.4 is 10.6 Å². The number of hydrogen-bond donors (Lipinski definition) is 2. The lowest BCUT2D eigenvalue weighted by Crippen LogP contribution is -2.23. The van der Waals surface area contributed by atoms with Crippen LogP contribution in [0.1, 0.15) is 37.6 Å². The van der Waals surface area contributed by atoms with Gasteiger partial charge in [-0.25, -0.2) is 0 Å². The van der Waals surface area contributed by atoms with Crippen LogP contribution in [0.15, 0.2) is 59.1 Å². The van der Waals surface area contributed by atoms with Crippen LogP contribution in [0.2, 0.25) is 0 Å². The number of benzene rings is 2. The highest BCUT2D eigenvalue weighted by Crippen LogP contribution is 2.11. The van der Waals surface area contributed by atoms with Crippen LogP contribution in [-0.4, -0.2) is 17.0 Å². The molecule has 2 N–H and O–H groups in total. The molecule has 0 bridgehead atoms. The maximum Gasteiger partial charge on any atom is 0.256 e. The Morgan fingerprint density at radius 2 is 1.69 bits per heavy atom. The fourth-order valence-electron chi connectivity index (χ4n) is 2.52. The molecule has 26 heavy (non-hydrogen) atoms. The van der Waals surface area contributed by atoms with Crippen molar-refractivity contribution in [2.45, 2.75) is 20.4 Å². The van der Waals surface area contributed by atoms with Crippen molar-refractivity contribution in [3.05, 3.63) is 82.6 Å². The number of rotatable bonds is 5. The van der Waals surface area contributed by atoms with Gasteiger partial charge in [0.1, 0.15) is 5.76 Å². The van der Waals surface area contributed by atoms with Gasteiger partial charge < -0.3 is 15.2 Å². The second kappa shape index (κ2) is 7.65. The van der Waals surface area contributed by atoms with E-state index in [1.54, 1.807) is 37.3 Å². The molecule has 0 radical (unpaired) electrons. The fraction of sp³-hybridized carbons (Fsp3) is 0.150. The molecule has 0 aliphatic heterocycles. The minimum Gasteiger partial charge on any atom is -0.360 e. The van der Waals surface area contributed by atoms with Crippen molar-refractivity contribution in [2.24, 2.45) is 0 Å². The second-order valence-corrected chi connectivity index (χ2v) is 6.03. The average Bonchev–Trinajstić information content (AvgIpc) is 3.04. The Bertz CT molecular complexity index is 947. The second-order valence-electron chi connectivity index (χ2n) is 6.03. The summed E-state index contributed by atoms with van der Waals surface area (Å²) in [5.74, 6) is 0.344. The van der Waals surface area contributed by atoms with Gasteiger partial charge in [-0.2, -0.15) is 0 Å². The van der Waals surface area contributed by atoms with Gasteiger partial charge in [0.2, 0.25) is 0 Å². The van der Waals surface area contributed by atoms with Gasteiger partial charge in [-0.3, -0.25) is 9.59 Å². The van der Waals surface area contributed by atoms with Gasteiger partial charge in [-0.15, -0.1) is 0 Å². The van der Waals surface area contributed by atoms with E-state index in [1.165, 1.54) is 0 Å². The van der Waals surface area contributed by atoms with E-state index in [4.69, 9.17) is 4.52 Å². The number of carbonyl (C=O) groups is 2. The van der Waals surface area contributed by atoms with E-state index in [0.717, 1.165) is 11.1 Å². The van der Waals surface area contributed by atoms with E-state index >= 15 is 0 Å². The van der Waals surface area contributed by atoms with E-state index in [0.29, 0.717) is 29.2 Å². The molecule has 3 aromatic rings. The molecule has 0 saturated heterocycles. The highest BCUT2D eigenvalue weighted by Gasteiger charge is 2.12. The molecule has 3 rings (SSSR count). The first-order valence-electron chi connectivity index (χ1n) is 8.20. The smallest absolute Gasteiger partial charge is 0.256 e. The molecule has 0 aliphatic carbocycles. The van der Waals surface area contributed by atoms with E-state index in [9.17, 15) is 9.59 Å². The Morgan fingerprint density at radius 1 is 0.962 bits per heavy atom. The highest BCUT2D eigenvalue weighted by atomic mass is 16.5. The van der Waals surface area contributed by atoms with Crippen LogP contribution in [0.25, 0.3) is 0 Å². The third kappa shape index (κ3) is 4.36. The van der Waals surface area contributed by atoms with Gasteiger partial charge in [-0.1, -0.05) is 41.1 Å². The van der Waals surface area contributed by atoms with Crippen molar-refractivity contribution in [3.63, 3.8) is 0 Å². The zero-order valence-corrected chi connectivity index (χ0v) is 14.6. The summed E-state index contributed by atoms with van der Waals surface area (Å²) < 4.78 is 4.92. The van der Waals surface area contributed by atoms with Crippen molar-refractivity contribution in [3.8, 4) is 0 Å². The largest absolute Gasteiger partial charge is 0.360 e. The molecule has 132 valence electrons. The van der Waals surface area contributed by atoms with Crippen LogP contribution in [0.5, 0.6) is 0 Å². The fourth-order valence-corrected chi connectivity index (χ4v) is 2.52. The summed E-state index contributed by atoms with van der Waals surface area (Å²) in [6.07, 6.45) is 0. The van der Waals surface area contributed by atoms with Gasteiger partial charge >= 0.3 is 0 Å². The molecule has 6 nitrogen and oxygen atoms in total. The summed E-state index contributed by atoms with van der Waals surface area (Å²) >= 11 is 0. The maximum atomic E-state index is 12.4. The van der Waals surface area contributed by atoms with Crippen LogP contribution in [-0.2, 0) is 6.54 Å². The van der Waals surface area contributed by atoms with Crippen LogP contribution in [0, 0.1) is 13.8 Å². The van der Waals surface area contributed by atoms with Crippen molar-refractivity contribution >= 4 is 17.6 Å². The Labute approximate surface area is 151 Å². The Morgan fingerprint density at radius 3 is 2.38 bits per heavy atom. The van der Waals surface area contributed by atoms with Crippen LogP contribution >= 0.6 is 0 Å². The SMILES string of the molecule is Cc1cccc(CNC(=O)c2cccc(C(=O)Nc3cc(C)on3)c2)c1. The average molecular weight is 349 g/mol. The maximum absolute atomic E-state index is 12.4. The number of nitrogens with zero attached hydrogens (tertiary/aromatic N) is 1. The molecule has 0 fully saturated rings. The zero-order valence-electron chi connectivity index (χ0n) is 14.6. The minimum atomic E-state index is -0.355. The predicted octanol–water partition coefficient (Wildman–Crippen LogP) is 3.47. The quantitative estimate of drug-likeness (QED) is 0.739. The summed E-state index contributed by atoms with van der Waals surface area (Å²) in [5, 5.41) is 9.22. The molecule has 1 heterocycles. The van der Waals surface area contributed by atoms with Crippen molar-refractivity contribution in [1.82, 2.24) is 10.5 Å². The van der Waals surface area contributed by atoms with E-state index in [-0.39, 0.29) is 11.8 Å². The Hall–Kier alpha value is -3.41. The molecule has 0 spiro atoms. The van der Waals surface area contributed by atoms with Gasteiger partial charge in [0.05, 0.1) is 0 Å². The van der Waals surface area contributed by atoms with Crippen LogP contribution in [0.3, 0.4) is 0 Å². The topological polar surface area (TPSA) is 84.2 Å².